The molecular weight excluding hydrogens is 138 g/mol. The Morgan fingerprint density at radius 1 is 1.18 bits per heavy atom. The Labute approximate surface area is 65.3 Å². The minimum absolute atomic E-state index is 0.0185. The molecule has 0 fully saturated rings. The molecule has 1 N–H and O–H groups in total. The Balaban J connectivity index is 2.31. The second-order valence-electron chi connectivity index (χ2n) is 2.74. The summed E-state index contributed by atoms with van der Waals surface area (Å²) in [5.41, 5.74) is 0. The van der Waals surface area contributed by atoms with Crippen molar-refractivity contribution in [2.45, 2.75) is 0 Å². The van der Waals surface area contributed by atoms with Crippen LogP contribution in [0.2, 0.25) is 0 Å². The first-order valence-corrected chi connectivity index (χ1v) is 3.70. The molecule has 2 rings (SSSR count). The molecule has 0 saturated carbocycles. The normalized spacial score (nSPS) is 33.3. The molecule has 0 bridgehead atoms. The molecule has 1 heterocycles. The molecule has 0 aromatic heterocycles. The molecule has 2 nitrogen and oxygen atoms in total. The fourth-order valence-corrected chi connectivity index (χ4v) is 1.41. The first kappa shape index (κ1) is 6.40. The third-order valence-electron chi connectivity index (χ3n) is 2.02. The van der Waals surface area contributed by atoms with Crippen molar-refractivity contribution >= 4 is 5.91 Å². The molecule has 0 spiro atoms. The van der Waals surface area contributed by atoms with Crippen LogP contribution in [0.4, 0.5) is 0 Å². The molecular formula is C9H9NO. The lowest BCUT2D eigenvalue weighted by Gasteiger charge is -2.23. The summed E-state index contributed by atoms with van der Waals surface area (Å²) >= 11 is 0. The van der Waals surface area contributed by atoms with Gasteiger partial charge in [-0.2, -0.15) is 0 Å². The Bertz CT molecular complexity index is 263. The zero-order valence-electron chi connectivity index (χ0n) is 6.03. The van der Waals surface area contributed by atoms with Crippen molar-refractivity contribution in [3.63, 3.8) is 0 Å². The molecule has 0 aromatic rings. The van der Waals surface area contributed by atoms with Crippen LogP contribution in [-0.2, 0) is 4.79 Å². The first-order valence-electron chi connectivity index (χ1n) is 3.70. The molecule has 56 valence electrons. The SMILES string of the molecule is O=C1NC=CC2C=CC=CC12. The molecule has 2 atom stereocenters. The van der Waals surface area contributed by atoms with Crippen LogP contribution in [0, 0.1) is 11.8 Å². The molecule has 1 aliphatic heterocycles. The quantitative estimate of drug-likeness (QED) is 0.544. The maximum atomic E-state index is 11.2. The van der Waals surface area contributed by atoms with Gasteiger partial charge in [0.05, 0.1) is 5.92 Å². The third kappa shape index (κ3) is 1.00. The van der Waals surface area contributed by atoms with E-state index in [1.807, 2.05) is 30.4 Å². The highest BCUT2D eigenvalue weighted by atomic mass is 16.1. The molecule has 2 unspecified atom stereocenters. The summed E-state index contributed by atoms with van der Waals surface area (Å²) in [5.74, 6) is 0.386. The van der Waals surface area contributed by atoms with Crippen molar-refractivity contribution in [2.24, 2.45) is 11.8 Å². The van der Waals surface area contributed by atoms with Crippen LogP contribution >= 0.6 is 0 Å². The lowest BCUT2D eigenvalue weighted by Crippen LogP contribution is -2.34. The molecule has 1 amide bonds. The Morgan fingerprint density at radius 3 is 2.82 bits per heavy atom. The number of hydrogen-bond donors (Lipinski definition) is 1. The van der Waals surface area contributed by atoms with Gasteiger partial charge >= 0.3 is 0 Å². The van der Waals surface area contributed by atoms with E-state index in [1.165, 1.54) is 0 Å². The smallest absolute Gasteiger partial charge is 0.231 e. The van der Waals surface area contributed by atoms with Crippen LogP contribution in [-0.4, -0.2) is 5.91 Å². The number of carbonyl (C=O) groups excluding carboxylic acids is 1. The Morgan fingerprint density at radius 2 is 2.00 bits per heavy atom. The maximum absolute atomic E-state index is 11.2. The molecule has 0 radical (unpaired) electrons. The Kier molecular flexibility index (Phi) is 1.39. The zero-order valence-corrected chi connectivity index (χ0v) is 6.03. The number of amides is 1. The average molecular weight is 147 g/mol. The maximum Gasteiger partial charge on any atom is 0.231 e. The zero-order chi connectivity index (χ0) is 7.68. The summed E-state index contributed by atoms with van der Waals surface area (Å²) in [6.45, 7) is 0. The fraction of sp³-hybridized carbons (Fsp3) is 0.222. The van der Waals surface area contributed by atoms with Gasteiger partial charge in [0.15, 0.2) is 0 Å². The van der Waals surface area contributed by atoms with Crippen LogP contribution in [0.5, 0.6) is 0 Å². The number of nitrogens with one attached hydrogen (secondary N) is 1. The molecule has 2 heteroatoms. The van der Waals surface area contributed by atoms with Gasteiger partial charge in [0.1, 0.15) is 0 Å². The Hall–Kier alpha value is -1.31. The van der Waals surface area contributed by atoms with E-state index in [0.717, 1.165) is 0 Å². The number of rotatable bonds is 0. The van der Waals surface area contributed by atoms with Crippen LogP contribution in [0.1, 0.15) is 0 Å². The summed E-state index contributed by atoms with van der Waals surface area (Å²) < 4.78 is 0. The van der Waals surface area contributed by atoms with Gasteiger partial charge in [-0.15, -0.1) is 0 Å². The standard InChI is InChI=1S/C9H9NO/c11-9-8-4-2-1-3-7(8)5-6-10-9/h1-8H,(H,10,11). The van der Waals surface area contributed by atoms with Crippen LogP contribution in [0.15, 0.2) is 36.6 Å². The van der Waals surface area contributed by atoms with Crippen molar-refractivity contribution < 1.29 is 4.79 Å². The van der Waals surface area contributed by atoms with Crippen LogP contribution in [0.25, 0.3) is 0 Å². The van der Waals surface area contributed by atoms with Gasteiger partial charge in [0.2, 0.25) is 5.91 Å². The molecule has 0 aromatic carbocycles. The molecule has 0 saturated heterocycles. The fourth-order valence-electron chi connectivity index (χ4n) is 1.41. The number of fused-ring (bicyclic) bond motifs is 1. The summed E-state index contributed by atoms with van der Waals surface area (Å²) in [5, 5.41) is 2.68. The topological polar surface area (TPSA) is 29.1 Å². The summed E-state index contributed by atoms with van der Waals surface area (Å²) in [7, 11) is 0. The van der Waals surface area contributed by atoms with E-state index < -0.39 is 0 Å². The number of hydrogen-bond acceptors (Lipinski definition) is 1. The molecule has 1 aliphatic carbocycles. The van der Waals surface area contributed by atoms with E-state index in [1.54, 1.807) is 6.20 Å². The highest BCUT2D eigenvalue weighted by Gasteiger charge is 2.25. The van der Waals surface area contributed by atoms with E-state index in [2.05, 4.69) is 5.32 Å². The summed E-state index contributed by atoms with van der Waals surface area (Å²) in [6.07, 6.45) is 11.6. The van der Waals surface area contributed by atoms with Crippen molar-refractivity contribution in [3.8, 4) is 0 Å². The van der Waals surface area contributed by atoms with Gasteiger partial charge < -0.3 is 5.32 Å². The summed E-state index contributed by atoms with van der Waals surface area (Å²) in [4.78, 5) is 11.2. The van der Waals surface area contributed by atoms with Crippen molar-refractivity contribution in [3.05, 3.63) is 36.6 Å². The van der Waals surface area contributed by atoms with Crippen LogP contribution in [0.3, 0.4) is 0 Å². The van der Waals surface area contributed by atoms with E-state index in [-0.39, 0.29) is 17.7 Å². The van der Waals surface area contributed by atoms with E-state index in [4.69, 9.17) is 0 Å². The van der Waals surface area contributed by atoms with Gasteiger partial charge in [-0.25, -0.2) is 0 Å². The van der Waals surface area contributed by atoms with Gasteiger partial charge in [0, 0.05) is 12.1 Å². The van der Waals surface area contributed by atoms with Gasteiger partial charge in [0.25, 0.3) is 0 Å². The van der Waals surface area contributed by atoms with Crippen molar-refractivity contribution in [2.75, 3.05) is 0 Å². The van der Waals surface area contributed by atoms with E-state index >= 15 is 0 Å². The predicted octanol–water partition coefficient (Wildman–Crippen LogP) is 0.988. The molecule has 2 aliphatic rings. The number of carbonyl (C=O) groups is 1. The molecule has 11 heavy (non-hydrogen) atoms. The number of allylic oxidation sites excluding steroid dienone is 4. The lowest BCUT2D eigenvalue weighted by molar-refractivity contribution is -0.123. The largest absolute Gasteiger partial charge is 0.332 e. The van der Waals surface area contributed by atoms with Gasteiger partial charge in [-0.1, -0.05) is 30.4 Å². The second-order valence-corrected chi connectivity index (χ2v) is 2.74. The van der Waals surface area contributed by atoms with Crippen molar-refractivity contribution in [1.29, 1.82) is 0 Å². The minimum atomic E-state index is 0.0185. The van der Waals surface area contributed by atoms with Gasteiger partial charge in [-0.3, -0.25) is 4.79 Å². The monoisotopic (exact) mass is 147 g/mol. The minimum Gasteiger partial charge on any atom is -0.332 e. The third-order valence-corrected chi connectivity index (χ3v) is 2.02. The first-order chi connectivity index (χ1) is 5.38. The van der Waals surface area contributed by atoms with Crippen molar-refractivity contribution in [1.82, 2.24) is 5.32 Å². The van der Waals surface area contributed by atoms with Gasteiger partial charge in [-0.05, 0) is 0 Å². The van der Waals surface area contributed by atoms with E-state index in [9.17, 15) is 4.79 Å². The van der Waals surface area contributed by atoms with E-state index in [0.29, 0.717) is 0 Å². The highest BCUT2D eigenvalue weighted by molar-refractivity contribution is 5.83. The lowest BCUT2D eigenvalue weighted by atomic mass is 9.86. The highest BCUT2D eigenvalue weighted by Crippen LogP contribution is 2.23. The predicted molar refractivity (Wildman–Crippen MR) is 42.5 cm³/mol. The van der Waals surface area contributed by atoms with Crippen LogP contribution < -0.4 is 5.32 Å². The average Bonchev–Trinajstić information content (AvgIpc) is 2.06. The second kappa shape index (κ2) is 2.38. The summed E-state index contributed by atoms with van der Waals surface area (Å²) in [6, 6.07) is 0.